The van der Waals surface area contributed by atoms with Crippen molar-refractivity contribution in [1.82, 2.24) is 0 Å². The van der Waals surface area contributed by atoms with Gasteiger partial charge in [0.05, 0.1) is 0 Å². The van der Waals surface area contributed by atoms with E-state index in [-0.39, 0.29) is 5.48 Å². The van der Waals surface area contributed by atoms with Crippen LogP contribution in [0.4, 0.5) is 0 Å². The molecule has 3 aromatic carbocycles. The van der Waals surface area contributed by atoms with E-state index in [2.05, 4.69) is 91.0 Å². The van der Waals surface area contributed by atoms with Crippen molar-refractivity contribution in [3.8, 4) is 0 Å². The van der Waals surface area contributed by atoms with Crippen LogP contribution in [0, 0.1) is 0 Å². The number of hydrogen-bond acceptors (Lipinski definition) is 0. The van der Waals surface area contributed by atoms with Crippen molar-refractivity contribution >= 4 is 30.5 Å². The molecule has 0 amide bonds. The van der Waals surface area contributed by atoms with Crippen LogP contribution in [0.1, 0.15) is 0 Å². The van der Waals surface area contributed by atoms with Gasteiger partial charge < -0.3 is 5.48 Å². The second kappa shape index (κ2) is 7.27. The molecule has 3 rings (SSSR count). The van der Waals surface area contributed by atoms with Gasteiger partial charge in [0, 0.05) is 0 Å². The maximum atomic E-state index is 2.29. The molecule has 0 atom stereocenters. The van der Waals surface area contributed by atoms with Gasteiger partial charge in [0.25, 0.3) is 0 Å². The summed E-state index contributed by atoms with van der Waals surface area (Å²) in [6.07, 6.45) is 0. The molecule has 0 aliphatic carbocycles. The molecular formula is C18H18OSn. The third-order valence-corrected chi connectivity index (χ3v) is 12.4. The summed E-state index contributed by atoms with van der Waals surface area (Å²) in [7, 11) is 0. The Morgan fingerprint density at radius 3 is 0.900 bits per heavy atom. The zero-order valence-electron chi connectivity index (χ0n) is 11.2. The average Bonchev–Trinajstić information content (AvgIpc) is 2.51. The molecule has 0 radical (unpaired) electrons. The van der Waals surface area contributed by atoms with Crippen LogP contribution in [-0.2, 0) is 0 Å². The fraction of sp³-hybridized carbons (Fsp3) is 0. The molecule has 20 heavy (non-hydrogen) atoms. The van der Waals surface area contributed by atoms with E-state index in [9.17, 15) is 0 Å². The predicted octanol–water partition coefficient (Wildman–Crippen LogP) is 1.11. The summed E-state index contributed by atoms with van der Waals surface area (Å²) in [5.41, 5.74) is 0. The van der Waals surface area contributed by atoms with Gasteiger partial charge in [-0.05, 0) is 0 Å². The SMILES string of the molecule is O.c1cc[c]([SnH]([c]2ccccc2)[c]2ccccc2)cc1. The fourth-order valence-corrected chi connectivity index (χ4v) is 11.0. The Hall–Kier alpha value is -1.58. The first-order chi connectivity index (χ1) is 9.45. The van der Waals surface area contributed by atoms with Gasteiger partial charge in [-0.3, -0.25) is 0 Å². The molecule has 0 aliphatic heterocycles. The van der Waals surface area contributed by atoms with Crippen molar-refractivity contribution in [3.63, 3.8) is 0 Å². The normalized spacial score (nSPS) is 10.1. The molecule has 2 heteroatoms. The van der Waals surface area contributed by atoms with Crippen molar-refractivity contribution in [2.24, 2.45) is 0 Å². The summed E-state index contributed by atoms with van der Waals surface area (Å²) in [5.74, 6) is 0. The zero-order chi connectivity index (χ0) is 12.9. The van der Waals surface area contributed by atoms with Gasteiger partial charge in [-0.2, -0.15) is 0 Å². The first-order valence-corrected chi connectivity index (χ1v) is 11.5. The minimum atomic E-state index is -2.14. The van der Waals surface area contributed by atoms with E-state index < -0.39 is 19.8 Å². The Bertz CT molecular complexity index is 529. The van der Waals surface area contributed by atoms with Crippen molar-refractivity contribution in [2.45, 2.75) is 0 Å². The average molecular weight is 369 g/mol. The molecule has 0 aromatic heterocycles. The van der Waals surface area contributed by atoms with Crippen LogP contribution in [0.3, 0.4) is 0 Å². The summed E-state index contributed by atoms with van der Waals surface area (Å²) in [6, 6.07) is 33.0. The molecule has 1 nitrogen and oxygen atoms in total. The molecule has 0 saturated carbocycles. The topological polar surface area (TPSA) is 31.5 Å². The summed E-state index contributed by atoms with van der Waals surface area (Å²) < 4.78 is 4.63. The first kappa shape index (κ1) is 14.8. The van der Waals surface area contributed by atoms with Crippen molar-refractivity contribution in [2.75, 3.05) is 0 Å². The summed E-state index contributed by atoms with van der Waals surface area (Å²) in [6.45, 7) is 0. The number of rotatable bonds is 3. The van der Waals surface area contributed by atoms with E-state index in [1.807, 2.05) is 0 Å². The minimum absolute atomic E-state index is 0. The van der Waals surface area contributed by atoms with E-state index in [4.69, 9.17) is 0 Å². The van der Waals surface area contributed by atoms with Crippen molar-refractivity contribution in [1.29, 1.82) is 0 Å². The molecule has 3 aromatic rings. The molecule has 0 heterocycles. The van der Waals surface area contributed by atoms with Crippen molar-refractivity contribution in [3.05, 3.63) is 91.0 Å². The molecule has 0 unspecified atom stereocenters. The van der Waals surface area contributed by atoms with Gasteiger partial charge in [-0.15, -0.1) is 0 Å². The summed E-state index contributed by atoms with van der Waals surface area (Å²) in [4.78, 5) is 0. The quantitative estimate of drug-likeness (QED) is 0.620. The molecule has 0 fully saturated rings. The third-order valence-electron chi connectivity index (χ3n) is 3.40. The monoisotopic (exact) mass is 370 g/mol. The number of benzene rings is 3. The molecule has 2 N–H and O–H groups in total. The van der Waals surface area contributed by atoms with Crippen molar-refractivity contribution < 1.29 is 5.48 Å². The molecular weight excluding hydrogens is 351 g/mol. The van der Waals surface area contributed by atoms with Gasteiger partial charge in [-0.25, -0.2) is 0 Å². The fourth-order valence-electron chi connectivity index (χ4n) is 2.51. The molecule has 0 spiro atoms. The predicted molar refractivity (Wildman–Crippen MR) is 89.0 cm³/mol. The van der Waals surface area contributed by atoms with E-state index in [1.54, 1.807) is 10.7 Å². The second-order valence-corrected chi connectivity index (χ2v) is 12.8. The van der Waals surface area contributed by atoms with Crippen LogP contribution in [0.2, 0.25) is 0 Å². The van der Waals surface area contributed by atoms with Crippen LogP contribution in [0.25, 0.3) is 0 Å². The Morgan fingerprint density at radius 2 is 0.650 bits per heavy atom. The Morgan fingerprint density at radius 1 is 0.400 bits per heavy atom. The molecule has 0 aliphatic rings. The molecule has 0 bridgehead atoms. The van der Waals surface area contributed by atoms with Gasteiger partial charge >= 0.3 is 121 Å². The van der Waals surface area contributed by atoms with Gasteiger partial charge in [0.15, 0.2) is 0 Å². The first-order valence-electron chi connectivity index (χ1n) is 6.60. The number of hydrogen-bond donors (Lipinski definition) is 0. The van der Waals surface area contributed by atoms with Crippen LogP contribution in [-0.4, -0.2) is 25.2 Å². The maximum absolute atomic E-state index is 2.29. The van der Waals surface area contributed by atoms with Crippen LogP contribution < -0.4 is 10.7 Å². The summed E-state index contributed by atoms with van der Waals surface area (Å²) >= 11 is -2.14. The molecule has 100 valence electrons. The Labute approximate surface area is 127 Å². The van der Waals surface area contributed by atoms with Crippen LogP contribution in [0.5, 0.6) is 0 Å². The van der Waals surface area contributed by atoms with Gasteiger partial charge in [-0.1, -0.05) is 0 Å². The van der Waals surface area contributed by atoms with Crippen LogP contribution >= 0.6 is 0 Å². The molecule has 0 saturated heterocycles. The second-order valence-electron chi connectivity index (χ2n) is 4.67. The Balaban J connectivity index is 0.00000147. The van der Waals surface area contributed by atoms with E-state index in [1.165, 1.54) is 0 Å². The van der Waals surface area contributed by atoms with E-state index in [0.717, 1.165) is 0 Å². The van der Waals surface area contributed by atoms with Gasteiger partial charge in [0.1, 0.15) is 0 Å². The standard InChI is InChI=1S/3C6H5.H2O.Sn.H/c3*1-2-4-6-5-3-1;;;/h3*1-5H;1H2;;. The van der Waals surface area contributed by atoms with E-state index in [0.29, 0.717) is 0 Å². The van der Waals surface area contributed by atoms with Crippen LogP contribution in [0.15, 0.2) is 91.0 Å². The zero-order valence-corrected chi connectivity index (χ0v) is 14.5. The van der Waals surface area contributed by atoms with E-state index >= 15 is 0 Å². The Kier molecular flexibility index (Phi) is 5.39. The van der Waals surface area contributed by atoms with Gasteiger partial charge in [0.2, 0.25) is 0 Å². The summed E-state index contributed by atoms with van der Waals surface area (Å²) in [5, 5.41) is 0. The third kappa shape index (κ3) is 3.29.